The number of piperazine rings is 1. The highest BCUT2D eigenvalue weighted by atomic mass is 16.5. The second-order valence-electron chi connectivity index (χ2n) is 9.42. The Kier molecular flexibility index (Phi) is 6.52. The van der Waals surface area contributed by atoms with Crippen molar-refractivity contribution in [1.29, 1.82) is 0 Å². The molecule has 2 unspecified atom stereocenters. The monoisotopic (exact) mass is 460 g/mol. The van der Waals surface area contributed by atoms with Crippen LogP contribution in [-0.4, -0.2) is 71.5 Å². The van der Waals surface area contributed by atoms with Gasteiger partial charge in [0, 0.05) is 32.4 Å². The minimum Gasteiger partial charge on any atom is -0.482 e. The molecule has 2 saturated heterocycles. The molecule has 1 aromatic carbocycles. The van der Waals surface area contributed by atoms with E-state index >= 15 is 0 Å². The van der Waals surface area contributed by atoms with Crippen LogP contribution >= 0.6 is 0 Å². The topological polar surface area (TPSA) is 66.0 Å². The fourth-order valence-corrected chi connectivity index (χ4v) is 5.24. The lowest BCUT2D eigenvalue weighted by Crippen LogP contribution is -2.58. The van der Waals surface area contributed by atoms with E-state index in [4.69, 9.17) is 4.74 Å². The van der Waals surface area contributed by atoms with E-state index in [1.54, 1.807) is 11.1 Å². The summed E-state index contributed by atoms with van der Waals surface area (Å²) in [6, 6.07) is 13.9. The fourth-order valence-electron chi connectivity index (χ4n) is 5.24. The number of benzene rings is 1. The van der Waals surface area contributed by atoms with Gasteiger partial charge in [0.1, 0.15) is 18.5 Å². The van der Waals surface area contributed by atoms with Crippen molar-refractivity contribution in [2.75, 3.05) is 37.6 Å². The number of hydrogen-bond acceptors (Lipinski definition) is 5. The van der Waals surface area contributed by atoms with Crippen molar-refractivity contribution in [1.82, 2.24) is 14.8 Å². The summed E-state index contributed by atoms with van der Waals surface area (Å²) in [4.78, 5) is 37.0. The summed E-state index contributed by atoms with van der Waals surface area (Å²) in [6.07, 6.45) is 7.51. The highest BCUT2D eigenvalue weighted by Crippen LogP contribution is 2.33. The number of morpholine rings is 1. The van der Waals surface area contributed by atoms with Gasteiger partial charge >= 0.3 is 0 Å². The molecule has 0 N–H and O–H groups in total. The first-order chi connectivity index (χ1) is 16.6. The van der Waals surface area contributed by atoms with Gasteiger partial charge in [-0.1, -0.05) is 42.3 Å². The van der Waals surface area contributed by atoms with E-state index < -0.39 is 0 Å². The Morgan fingerprint density at radius 1 is 1.09 bits per heavy atom. The van der Waals surface area contributed by atoms with Gasteiger partial charge in [0.15, 0.2) is 5.76 Å². The Bertz CT molecular complexity index is 1060. The van der Waals surface area contributed by atoms with E-state index in [0.717, 1.165) is 55.7 Å². The third-order valence-electron chi connectivity index (χ3n) is 7.07. The maximum Gasteiger partial charge on any atom is 0.289 e. The summed E-state index contributed by atoms with van der Waals surface area (Å²) in [6.45, 7) is 4.89. The maximum absolute atomic E-state index is 13.5. The molecule has 2 aliphatic heterocycles. The Labute approximate surface area is 201 Å². The van der Waals surface area contributed by atoms with Crippen LogP contribution in [-0.2, 0) is 14.3 Å². The highest BCUT2D eigenvalue weighted by molar-refractivity contribution is 5.98. The standard InChI is InChI=1S/C27H32N4O3/c1-20-7-6-8-21(17-20)18-24-27(33)31(22-9-2-3-10-23(22)34-24)19-26(32)30-15-13-29(14-16-30)25-11-4-5-12-28-25/h4-8,11-12,17-18,22-23H,2-3,9-10,13-16,19H2,1H3/b24-18+. The first-order valence-electron chi connectivity index (χ1n) is 12.3. The number of amides is 2. The zero-order valence-electron chi connectivity index (χ0n) is 19.7. The molecule has 0 bridgehead atoms. The minimum absolute atomic E-state index is 0.00940. The molecular formula is C27H32N4O3. The summed E-state index contributed by atoms with van der Waals surface area (Å²) >= 11 is 0. The largest absolute Gasteiger partial charge is 0.482 e. The molecule has 0 radical (unpaired) electrons. The third kappa shape index (κ3) is 4.79. The van der Waals surface area contributed by atoms with E-state index in [0.29, 0.717) is 18.8 Å². The molecule has 1 saturated carbocycles. The van der Waals surface area contributed by atoms with Crippen LogP contribution in [0.25, 0.3) is 6.08 Å². The van der Waals surface area contributed by atoms with Crippen molar-refractivity contribution in [3.63, 3.8) is 0 Å². The predicted molar refractivity (Wildman–Crippen MR) is 131 cm³/mol. The number of ether oxygens (including phenoxy) is 1. The van der Waals surface area contributed by atoms with Crippen molar-refractivity contribution >= 4 is 23.7 Å². The number of aryl methyl sites for hydroxylation is 1. The molecule has 34 heavy (non-hydrogen) atoms. The van der Waals surface area contributed by atoms with Gasteiger partial charge in [-0.3, -0.25) is 9.59 Å². The first-order valence-corrected chi connectivity index (χ1v) is 12.3. The van der Waals surface area contributed by atoms with Crippen LogP contribution in [0.3, 0.4) is 0 Å². The lowest BCUT2D eigenvalue weighted by atomic mass is 9.89. The van der Waals surface area contributed by atoms with E-state index in [1.165, 1.54) is 0 Å². The van der Waals surface area contributed by atoms with E-state index in [1.807, 2.05) is 60.4 Å². The zero-order valence-corrected chi connectivity index (χ0v) is 19.7. The van der Waals surface area contributed by atoms with E-state index in [9.17, 15) is 9.59 Å². The van der Waals surface area contributed by atoms with Crippen molar-refractivity contribution < 1.29 is 14.3 Å². The van der Waals surface area contributed by atoms with Crippen LogP contribution in [0.2, 0.25) is 0 Å². The number of fused-ring (bicyclic) bond motifs is 1. The van der Waals surface area contributed by atoms with Crippen LogP contribution in [0.15, 0.2) is 54.4 Å². The summed E-state index contributed by atoms with van der Waals surface area (Å²) in [5.74, 6) is 1.12. The highest BCUT2D eigenvalue weighted by Gasteiger charge is 2.42. The molecule has 3 fully saturated rings. The van der Waals surface area contributed by atoms with E-state index in [-0.39, 0.29) is 30.5 Å². The Hall–Kier alpha value is -3.35. The molecule has 1 aromatic heterocycles. The smallest absolute Gasteiger partial charge is 0.289 e. The molecule has 5 rings (SSSR count). The molecule has 7 nitrogen and oxygen atoms in total. The van der Waals surface area contributed by atoms with Gasteiger partial charge < -0.3 is 19.4 Å². The first kappa shape index (κ1) is 22.4. The van der Waals surface area contributed by atoms with Gasteiger partial charge in [-0.05, 0) is 50.0 Å². The summed E-state index contributed by atoms with van der Waals surface area (Å²) in [5.41, 5.74) is 2.07. The maximum atomic E-state index is 13.5. The molecule has 2 amide bonds. The number of hydrogen-bond donors (Lipinski definition) is 0. The molecule has 2 aromatic rings. The number of pyridine rings is 1. The number of carbonyl (C=O) groups is 2. The summed E-state index contributed by atoms with van der Waals surface area (Å²) in [5, 5.41) is 0. The lowest BCUT2D eigenvalue weighted by Gasteiger charge is -2.45. The van der Waals surface area contributed by atoms with Crippen LogP contribution < -0.4 is 4.90 Å². The van der Waals surface area contributed by atoms with Crippen LogP contribution in [0, 0.1) is 6.92 Å². The SMILES string of the molecule is Cc1cccc(/C=C2/OC3CCCCC3N(CC(=O)N3CCN(c4ccccn4)CC3)C2=O)c1. The Morgan fingerprint density at radius 2 is 1.91 bits per heavy atom. The molecule has 7 heteroatoms. The quantitative estimate of drug-likeness (QED) is 0.656. The molecule has 178 valence electrons. The molecule has 2 atom stereocenters. The van der Waals surface area contributed by atoms with Crippen molar-refractivity contribution in [2.45, 2.75) is 44.8 Å². The number of nitrogens with zero attached hydrogens (tertiary/aromatic N) is 4. The zero-order chi connectivity index (χ0) is 23.5. The van der Waals surface area contributed by atoms with Gasteiger partial charge in [-0.25, -0.2) is 4.98 Å². The average Bonchev–Trinajstić information content (AvgIpc) is 2.87. The number of rotatable bonds is 4. The summed E-state index contributed by atoms with van der Waals surface area (Å²) in [7, 11) is 0. The van der Waals surface area contributed by atoms with Gasteiger partial charge in [0.2, 0.25) is 5.91 Å². The normalized spacial score (nSPS) is 24.1. The molecule has 1 aliphatic carbocycles. The predicted octanol–water partition coefficient (Wildman–Crippen LogP) is 3.25. The average molecular weight is 461 g/mol. The van der Waals surface area contributed by atoms with Gasteiger partial charge in [-0.2, -0.15) is 0 Å². The number of anilines is 1. The molecule has 3 heterocycles. The van der Waals surface area contributed by atoms with Crippen molar-refractivity contribution in [3.8, 4) is 0 Å². The fraction of sp³-hybridized carbons (Fsp3) is 0.444. The van der Waals surface area contributed by atoms with E-state index in [2.05, 4.69) is 9.88 Å². The molecule has 3 aliphatic rings. The second-order valence-corrected chi connectivity index (χ2v) is 9.42. The summed E-state index contributed by atoms with van der Waals surface area (Å²) < 4.78 is 6.20. The van der Waals surface area contributed by atoms with Gasteiger partial charge in [0.25, 0.3) is 5.91 Å². The molecule has 0 spiro atoms. The van der Waals surface area contributed by atoms with Crippen LogP contribution in [0.5, 0.6) is 0 Å². The Balaban J connectivity index is 1.29. The van der Waals surface area contributed by atoms with Crippen molar-refractivity contribution in [3.05, 3.63) is 65.5 Å². The second kappa shape index (κ2) is 9.87. The molecular weight excluding hydrogens is 428 g/mol. The number of carbonyl (C=O) groups excluding carboxylic acids is 2. The minimum atomic E-state index is -0.176. The van der Waals surface area contributed by atoms with Crippen LogP contribution in [0.1, 0.15) is 36.8 Å². The van der Waals surface area contributed by atoms with Gasteiger partial charge in [0.05, 0.1) is 6.04 Å². The third-order valence-corrected chi connectivity index (χ3v) is 7.07. The Morgan fingerprint density at radius 3 is 2.68 bits per heavy atom. The van der Waals surface area contributed by atoms with Crippen molar-refractivity contribution in [2.24, 2.45) is 0 Å². The number of aromatic nitrogens is 1. The van der Waals surface area contributed by atoms with Gasteiger partial charge in [-0.15, -0.1) is 0 Å². The van der Waals surface area contributed by atoms with Crippen LogP contribution in [0.4, 0.5) is 5.82 Å². The lowest BCUT2D eigenvalue weighted by molar-refractivity contribution is -0.154.